The molecular weight excluding hydrogens is 412 g/mol. The van der Waals surface area contributed by atoms with Crippen molar-refractivity contribution < 1.29 is 13.6 Å². The van der Waals surface area contributed by atoms with E-state index in [9.17, 15) is 13.6 Å². The van der Waals surface area contributed by atoms with E-state index >= 15 is 0 Å². The lowest BCUT2D eigenvalue weighted by molar-refractivity contribution is -0.127. The van der Waals surface area contributed by atoms with E-state index in [1.54, 1.807) is 35.5 Å². The number of likely N-dealkylation sites (N-methyl/N-ethyl adjacent to an activating group) is 1. The molecule has 166 valence electrons. The van der Waals surface area contributed by atoms with Gasteiger partial charge in [0.2, 0.25) is 5.91 Å². The van der Waals surface area contributed by atoms with Crippen LogP contribution in [0, 0.1) is 0 Å². The highest BCUT2D eigenvalue weighted by molar-refractivity contribution is 5.88. The summed E-state index contributed by atoms with van der Waals surface area (Å²) in [5, 5.41) is 4.80. The lowest BCUT2D eigenvalue weighted by Crippen LogP contribution is -2.37. The molecular formula is C24H25F2N5O. The molecule has 3 heterocycles. The zero-order valence-corrected chi connectivity index (χ0v) is 18.1. The fourth-order valence-electron chi connectivity index (χ4n) is 3.79. The van der Waals surface area contributed by atoms with Crippen LogP contribution in [0.15, 0.2) is 60.9 Å². The van der Waals surface area contributed by atoms with Gasteiger partial charge in [-0.3, -0.25) is 14.5 Å². The molecule has 1 aliphatic rings. The first-order valence-corrected chi connectivity index (χ1v) is 10.4. The van der Waals surface area contributed by atoms with Crippen molar-refractivity contribution in [3.05, 3.63) is 72.2 Å². The summed E-state index contributed by atoms with van der Waals surface area (Å²) in [6, 6.07) is 10.0. The lowest BCUT2D eigenvalue weighted by Gasteiger charge is -2.27. The van der Waals surface area contributed by atoms with Crippen LogP contribution in [0.5, 0.6) is 0 Å². The molecule has 3 aromatic rings. The smallest absolute Gasteiger partial charge is 0.263 e. The van der Waals surface area contributed by atoms with Crippen molar-refractivity contribution in [2.75, 3.05) is 27.2 Å². The molecule has 4 rings (SSSR count). The van der Waals surface area contributed by atoms with Gasteiger partial charge in [0, 0.05) is 48.2 Å². The van der Waals surface area contributed by atoms with Gasteiger partial charge in [-0.25, -0.2) is 8.78 Å². The summed E-state index contributed by atoms with van der Waals surface area (Å²) in [4.78, 5) is 20.6. The summed E-state index contributed by atoms with van der Waals surface area (Å²) < 4.78 is 27.9. The van der Waals surface area contributed by atoms with Crippen LogP contribution in [0.2, 0.25) is 0 Å². The van der Waals surface area contributed by atoms with Crippen LogP contribution >= 0.6 is 0 Å². The van der Waals surface area contributed by atoms with Crippen LogP contribution in [0.3, 0.4) is 0 Å². The predicted octanol–water partition coefficient (Wildman–Crippen LogP) is 4.01. The quantitative estimate of drug-likeness (QED) is 0.547. The average molecular weight is 437 g/mol. The fraction of sp³-hybridized carbons (Fsp3) is 0.292. The third kappa shape index (κ3) is 4.60. The maximum absolute atomic E-state index is 13.0. The number of benzene rings is 1. The zero-order chi connectivity index (χ0) is 22.7. The van der Waals surface area contributed by atoms with Gasteiger partial charge in [-0.1, -0.05) is 30.3 Å². The van der Waals surface area contributed by atoms with Gasteiger partial charge < -0.3 is 9.80 Å². The number of carbonyl (C=O) groups excluding carboxylic acids is 1. The average Bonchev–Trinajstić information content (AvgIpc) is 3.18. The molecule has 0 N–H and O–H groups in total. The highest BCUT2D eigenvalue weighted by atomic mass is 19.3. The number of hydrogen-bond acceptors (Lipinski definition) is 4. The SMILES string of the molecule is CN(C)C/C=C/C(=O)N1CCn2nc(-c3ccc(C(F)F)cc3)c(-c3ccncc3)c2C1. The maximum atomic E-state index is 13.0. The number of fused-ring (bicyclic) bond motifs is 1. The topological polar surface area (TPSA) is 54.3 Å². The third-order valence-electron chi connectivity index (χ3n) is 5.43. The molecule has 0 bridgehead atoms. The summed E-state index contributed by atoms with van der Waals surface area (Å²) in [7, 11) is 3.90. The monoisotopic (exact) mass is 437 g/mol. The molecule has 0 unspecified atom stereocenters. The number of halogens is 2. The van der Waals surface area contributed by atoms with Crippen LogP contribution < -0.4 is 0 Å². The molecule has 0 fully saturated rings. The molecule has 0 spiro atoms. The number of amides is 1. The number of carbonyl (C=O) groups is 1. The second kappa shape index (κ2) is 9.40. The van der Waals surface area contributed by atoms with E-state index in [4.69, 9.17) is 5.10 Å². The van der Waals surface area contributed by atoms with Crippen molar-refractivity contribution in [1.82, 2.24) is 24.6 Å². The predicted molar refractivity (Wildman–Crippen MR) is 119 cm³/mol. The van der Waals surface area contributed by atoms with Crippen molar-refractivity contribution in [1.29, 1.82) is 0 Å². The summed E-state index contributed by atoms with van der Waals surface area (Å²) in [5.41, 5.74) is 4.18. The minimum atomic E-state index is -2.51. The van der Waals surface area contributed by atoms with Crippen LogP contribution in [-0.4, -0.2) is 57.7 Å². The van der Waals surface area contributed by atoms with Gasteiger partial charge in [-0.05, 0) is 31.8 Å². The first-order chi connectivity index (χ1) is 15.4. The molecule has 1 amide bonds. The van der Waals surface area contributed by atoms with Crippen LogP contribution in [0.1, 0.15) is 17.7 Å². The van der Waals surface area contributed by atoms with E-state index in [-0.39, 0.29) is 11.5 Å². The van der Waals surface area contributed by atoms with Gasteiger partial charge in [-0.2, -0.15) is 5.10 Å². The highest BCUT2D eigenvalue weighted by Gasteiger charge is 2.27. The molecule has 6 nitrogen and oxygen atoms in total. The lowest BCUT2D eigenvalue weighted by atomic mass is 9.98. The van der Waals surface area contributed by atoms with Crippen molar-refractivity contribution >= 4 is 5.91 Å². The fourth-order valence-corrected chi connectivity index (χ4v) is 3.79. The number of nitrogens with zero attached hydrogens (tertiary/aromatic N) is 5. The first kappa shape index (κ1) is 21.8. The number of pyridine rings is 1. The Kier molecular flexibility index (Phi) is 6.41. The number of aromatic nitrogens is 3. The first-order valence-electron chi connectivity index (χ1n) is 10.4. The van der Waals surface area contributed by atoms with Gasteiger partial charge in [0.05, 0.1) is 18.8 Å². The molecule has 2 aromatic heterocycles. The Morgan fingerprint density at radius 2 is 1.81 bits per heavy atom. The van der Waals surface area contributed by atoms with Crippen molar-refractivity contribution in [2.24, 2.45) is 0 Å². The van der Waals surface area contributed by atoms with Gasteiger partial charge in [0.25, 0.3) is 6.43 Å². The summed E-state index contributed by atoms with van der Waals surface area (Å²) in [6.45, 7) is 2.23. The maximum Gasteiger partial charge on any atom is 0.263 e. The Morgan fingerprint density at radius 1 is 1.09 bits per heavy atom. The van der Waals surface area contributed by atoms with E-state index in [1.807, 2.05) is 41.9 Å². The van der Waals surface area contributed by atoms with Crippen LogP contribution in [0.25, 0.3) is 22.4 Å². The standard InChI is InChI=1S/C24H25F2N5O/c1-29(2)13-3-4-21(32)30-14-15-31-20(16-30)22(17-9-11-27-12-10-17)23(28-31)18-5-7-19(8-6-18)24(25)26/h3-12,24H,13-16H2,1-2H3/b4-3+. The molecule has 0 atom stereocenters. The minimum absolute atomic E-state index is 0.0236. The van der Waals surface area contributed by atoms with Crippen molar-refractivity contribution in [2.45, 2.75) is 19.5 Å². The number of rotatable bonds is 6. The largest absolute Gasteiger partial charge is 0.331 e. The van der Waals surface area contributed by atoms with E-state index in [0.29, 0.717) is 31.9 Å². The van der Waals surface area contributed by atoms with Gasteiger partial charge >= 0.3 is 0 Å². The Hall–Kier alpha value is -3.39. The number of alkyl halides is 2. The summed E-state index contributed by atoms with van der Waals surface area (Å²) in [6.07, 6.45) is 4.37. The minimum Gasteiger partial charge on any atom is -0.331 e. The van der Waals surface area contributed by atoms with E-state index in [1.165, 1.54) is 12.1 Å². The van der Waals surface area contributed by atoms with Crippen LogP contribution in [0.4, 0.5) is 8.78 Å². The van der Waals surface area contributed by atoms with E-state index < -0.39 is 6.43 Å². The molecule has 0 aliphatic carbocycles. The van der Waals surface area contributed by atoms with Crippen molar-refractivity contribution in [3.8, 4) is 22.4 Å². The normalized spacial score (nSPS) is 13.9. The zero-order valence-electron chi connectivity index (χ0n) is 18.1. The van der Waals surface area contributed by atoms with Crippen LogP contribution in [-0.2, 0) is 17.9 Å². The molecule has 0 saturated carbocycles. The van der Waals surface area contributed by atoms with Crippen molar-refractivity contribution in [3.63, 3.8) is 0 Å². The molecule has 1 aromatic carbocycles. The van der Waals surface area contributed by atoms with Gasteiger partial charge in [0.15, 0.2) is 0 Å². The van der Waals surface area contributed by atoms with E-state index in [2.05, 4.69) is 4.98 Å². The third-order valence-corrected chi connectivity index (χ3v) is 5.43. The Balaban J connectivity index is 1.71. The Bertz CT molecular complexity index is 1110. The second-order valence-corrected chi connectivity index (χ2v) is 7.98. The molecule has 1 aliphatic heterocycles. The Labute approximate surface area is 185 Å². The summed E-state index contributed by atoms with van der Waals surface area (Å²) >= 11 is 0. The molecule has 32 heavy (non-hydrogen) atoms. The second-order valence-electron chi connectivity index (χ2n) is 7.98. The molecule has 0 radical (unpaired) electrons. The van der Waals surface area contributed by atoms with Gasteiger partial charge in [-0.15, -0.1) is 0 Å². The molecule has 8 heteroatoms. The highest BCUT2D eigenvalue weighted by Crippen LogP contribution is 2.37. The van der Waals surface area contributed by atoms with E-state index in [0.717, 1.165) is 22.4 Å². The van der Waals surface area contributed by atoms with Gasteiger partial charge in [0.1, 0.15) is 5.69 Å². The Morgan fingerprint density at radius 3 is 2.47 bits per heavy atom. The number of hydrogen-bond donors (Lipinski definition) is 0. The summed E-state index contributed by atoms with van der Waals surface area (Å²) in [5.74, 6) is -0.0391. The molecule has 0 saturated heterocycles.